The smallest absolute Gasteiger partial charge is 0.182 e. The molecule has 0 saturated heterocycles. The molecule has 0 unspecified atom stereocenters. The fraction of sp³-hybridized carbons (Fsp3) is 0.0588. The minimum atomic E-state index is 0.703. The van der Waals surface area contributed by atoms with E-state index in [0.717, 1.165) is 39.7 Å². The van der Waals surface area contributed by atoms with Crippen molar-refractivity contribution >= 4 is 17.1 Å². The summed E-state index contributed by atoms with van der Waals surface area (Å²) in [6.45, 7) is 4.22. The van der Waals surface area contributed by atoms with Crippen molar-refractivity contribution in [2.75, 3.05) is 4.90 Å². The molecule has 0 saturated carbocycles. The van der Waals surface area contributed by atoms with Crippen LogP contribution in [0.2, 0.25) is 0 Å². The van der Waals surface area contributed by atoms with Gasteiger partial charge in [0.05, 0.1) is 5.69 Å². The van der Waals surface area contributed by atoms with E-state index in [1.807, 2.05) is 53.2 Å². The summed E-state index contributed by atoms with van der Waals surface area (Å²) in [5, 5.41) is 4.93. The van der Waals surface area contributed by atoms with Crippen molar-refractivity contribution in [2.24, 2.45) is 0 Å². The highest BCUT2D eigenvalue weighted by molar-refractivity contribution is 5.77. The third-order valence-electron chi connectivity index (χ3n) is 6.61. The number of hydrogen-bond acceptors (Lipinski definition) is 3. The molecule has 0 fully saturated rings. The van der Waals surface area contributed by atoms with Crippen molar-refractivity contribution < 1.29 is 0 Å². The highest BCUT2D eigenvalue weighted by atomic mass is 15.4. The van der Waals surface area contributed by atoms with Crippen molar-refractivity contribution in [3.63, 3.8) is 0 Å². The molecule has 0 N–H and O–H groups in total. The second-order valence-corrected chi connectivity index (χ2v) is 9.43. The van der Waals surface area contributed by atoms with Gasteiger partial charge in [-0.25, -0.2) is 9.67 Å². The summed E-state index contributed by atoms with van der Waals surface area (Å²) in [5.41, 5.74) is 8.75. The second kappa shape index (κ2) is 10.2. The van der Waals surface area contributed by atoms with E-state index in [4.69, 9.17) is 10.1 Å². The summed E-state index contributed by atoms with van der Waals surface area (Å²) in [5.74, 6) is 1.51. The Balaban J connectivity index is 1.43. The zero-order valence-electron chi connectivity index (χ0n) is 21.5. The third kappa shape index (κ3) is 4.72. The maximum absolute atomic E-state index is 4.94. The highest BCUT2D eigenvalue weighted by Gasteiger charge is 2.17. The Morgan fingerprint density at radius 1 is 0.500 bits per heavy atom. The molecule has 6 rings (SSSR count). The first kappa shape index (κ1) is 23.4. The SMILES string of the molecule is Cc1ccc(N(c2ccc(C)cc2)c2ccc(-n3nc(-c4ccccc4)nc3-c3ccccc3)cc2)cc1. The molecule has 0 aliphatic rings. The standard InChI is InChI=1S/C34H28N4/c1-25-13-17-29(18-14-25)37(30-19-15-26(2)16-20-30)31-21-23-32(24-22-31)38-34(28-11-7-4-8-12-28)35-33(36-38)27-9-5-3-6-10-27/h3-24H,1-2H3. The Morgan fingerprint density at radius 2 is 0.947 bits per heavy atom. The molecule has 0 aliphatic heterocycles. The van der Waals surface area contributed by atoms with Crippen LogP contribution in [0.1, 0.15) is 11.1 Å². The Bertz CT molecular complexity index is 1590. The minimum Gasteiger partial charge on any atom is -0.311 e. The van der Waals surface area contributed by atoms with Gasteiger partial charge in [0, 0.05) is 28.2 Å². The first-order valence-electron chi connectivity index (χ1n) is 12.8. The largest absolute Gasteiger partial charge is 0.311 e. The van der Waals surface area contributed by atoms with Crippen LogP contribution in [0.5, 0.6) is 0 Å². The van der Waals surface area contributed by atoms with Gasteiger partial charge in [-0.05, 0) is 62.4 Å². The molecular weight excluding hydrogens is 464 g/mol. The van der Waals surface area contributed by atoms with Crippen LogP contribution in [0.25, 0.3) is 28.5 Å². The van der Waals surface area contributed by atoms with Gasteiger partial charge in [0.1, 0.15) is 0 Å². The normalized spacial score (nSPS) is 10.9. The van der Waals surface area contributed by atoms with Crippen LogP contribution in [0.4, 0.5) is 17.1 Å². The van der Waals surface area contributed by atoms with Gasteiger partial charge in [-0.2, -0.15) is 0 Å². The predicted octanol–water partition coefficient (Wildman–Crippen LogP) is 8.69. The molecule has 0 aliphatic carbocycles. The van der Waals surface area contributed by atoms with Gasteiger partial charge < -0.3 is 4.90 Å². The molecule has 0 amide bonds. The topological polar surface area (TPSA) is 34.0 Å². The van der Waals surface area contributed by atoms with Crippen LogP contribution in [-0.4, -0.2) is 14.8 Å². The fourth-order valence-corrected chi connectivity index (χ4v) is 4.55. The van der Waals surface area contributed by atoms with Gasteiger partial charge in [-0.15, -0.1) is 5.10 Å². The van der Waals surface area contributed by atoms with E-state index in [-0.39, 0.29) is 0 Å². The lowest BCUT2D eigenvalue weighted by Crippen LogP contribution is -2.10. The van der Waals surface area contributed by atoms with Crippen molar-refractivity contribution in [3.8, 4) is 28.5 Å². The molecule has 0 spiro atoms. The maximum Gasteiger partial charge on any atom is 0.182 e. The molecule has 0 radical (unpaired) electrons. The summed E-state index contributed by atoms with van der Waals surface area (Å²) in [6, 6.07) is 46.1. The van der Waals surface area contributed by atoms with Crippen molar-refractivity contribution in [1.82, 2.24) is 14.8 Å². The van der Waals surface area contributed by atoms with E-state index < -0.39 is 0 Å². The fourth-order valence-electron chi connectivity index (χ4n) is 4.55. The van der Waals surface area contributed by atoms with Gasteiger partial charge >= 0.3 is 0 Å². The number of rotatable bonds is 6. The van der Waals surface area contributed by atoms with Gasteiger partial charge in [-0.1, -0.05) is 96.1 Å². The van der Waals surface area contributed by atoms with E-state index in [1.165, 1.54) is 11.1 Å². The number of hydrogen-bond donors (Lipinski definition) is 0. The van der Waals surface area contributed by atoms with Crippen LogP contribution in [0, 0.1) is 13.8 Å². The maximum atomic E-state index is 4.94. The minimum absolute atomic E-state index is 0.703. The average molecular weight is 493 g/mol. The predicted molar refractivity (Wildman–Crippen MR) is 156 cm³/mol. The Morgan fingerprint density at radius 3 is 1.45 bits per heavy atom. The Kier molecular flexibility index (Phi) is 6.29. The number of nitrogens with zero attached hydrogens (tertiary/aromatic N) is 4. The summed E-state index contributed by atoms with van der Waals surface area (Å²) < 4.78 is 1.93. The third-order valence-corrected chi connectivity index (χ3v) is 6.61. The van der Waals surface area contributed by atoms with Crippen LogP contribution in [-0.2, 0) is 0 Å². The first-order chi connectivity index (χ1) is 18.7. The van der Waals surface area contributed by atoms with E-state index in [2.05, 4.69) is 104 Å². The lowest BCUT2D eigenvalue weighted by Gasteiger charge is -2.26. The average Bonchev–Trinajstić information content (AvgIpc) is 3.42. The van der Waals surface area contributed by atoms with Crippen LogP contribution >= 0.6 is 0 Å². The molecule has 5 aromatic carbocycles. The van der Waals surface area contributed by atoms with E-state index >= 15 is 0 Å². The first-order valence-corrected chi connectivity index (χ1v) is 12.8. The van der Waals surface area contributed by atoms with Gasteiger partial charge in [0.15, 0.2) is 11.6 Å². The van der Waals surface area contributed by atoms with E-state index in [9.17, 15) is 0 Å². The number of aromatic nitrogens is 3. The number of anilines is 3. The van der Waals surface area contributed by atoms with Crippen LogP contribution in [0.3, 0.4) is 0 Å². The Hall–Kier alpha value is -4.96. The lowest BCUT2D eigenvalue weighted by molar-refractivity contribution is 0.890. The molecule has 1 heterocycles. The number of aryl methyl sites for hydroxylation is 2. The van der Waals surface area contributed by atoms with E-state index in [0.29, 0.717) is 5.82 Å². The quantitative estimate of drug-likeness (QED) is 0.233. The van der Waals surface area contributed by atoms with Gasteiger partial charge in [0.25, 0.3) is 0 Å². The zero-order chi connectivity index (χ0) is 25.9. The Labute approximate surface area is 223 Å². The molecule has 4 heteroatoms. The van der Waals surface area contributed by atoms with Crippen molar-refractivity contribution in [3.05, 3.63) is 145 Å². The van der Waals surface area contributed by atoms with Crippen molar-refractivity contribution in [1.29, 1.82) is 0 Å². The molecule has 0 bridgehead atoms. The molecule has 4 nitrogen and oxygen atoms in total. The molecule has 6 aromatic rings. The molecule has 38 heavy (non-hydrogen) atoms. The van der Waals surface area contributed by atoms with E-state index in [1.54, 1.807) is 0 Å². The van der Waals surface area contributed by atoms with Gasteiger partial charge in [0.2, 0.25) is 0 Å². The number of benzene rings is 5. The van der Waals surface area contributed by atoms with Crippen LogP contribution in [0.15, 0.2) is 133 Å². The summed E-state index contributed by atoms with van der Waals surface area (Å²) >= 11 is 0. The van der Waals surface area contributed by atoms with Crippen molar-refractivity contribution in [2.45, 2.75) is 13.8 Å². The van der Waals surface area contributed by atoms with Gasteiger partial charge in [-0.3, -0.25) is 0 Å². The van der Waals surface area contributed by atoms with Crippen LogP contribution < -0.4 is 4.90 Å². The zero-order valence-corrected chi connectivity index (χ0v) is 21.5. The second-order valence-electron chi connectivity index (χ2n) is 9.43. The lowest BCUT2D eigenvalue weighted by atomic mass is 10.1. The summed E-state index contributed by atoms with van der Waals surface area (Å²) in [4.78, 5) is 7.21. The molecule has 184 valence electrons. The highest BCUT2D eigenvalue weighted by Crippen LogP contribution is 2.35. The summed E-state index contributed by atoms with van der Waals surface area (Å²) in [7, 11) is 0. The molecule has 0 atom stereocenters. The molecular formula is C34H28N4. The molecule has 1 aromatic heterocycles. The summed E-state index contributed by atoms with van der Waals surface area (Å²) in [6.07, 6.45) is 0. The monoisotopic (exact) mass is 492 g/mol.